The van der Waals surface area contributed by atoms with Gasteiger partial charge in [0, 0.05) is 35.4 Å². The van der Waals surface area contributed by atoms with Crippen molar-refractivity contribution >= 4 is 22.6 Å². The van der Waals surface area contributed by atoms with E-state index in [2.05, 4.69) is 38.9 Å². The molecular formula is C24H24N4O. The number of H-pyrrole nitrogens is 1. The Balaban J connectivity index is 1.36. The fourth-order valence-electron chi connectivity index (χ4n) is 3.44. The number of carbonyl (C=O) groups is 1. The van der Waals surface area contributed by atoms with E-state index in [1.165, 1.54) is 10.9 Å². The van der Waals surface area contributed by atoms with Gasteiger partial charge in [-0.05, 0) is 42.7 Å². The van der Waals surface area contributed by atoms with Crippen molar-refractivity contribution in [2.45, 2.75) is 19.4 Å². The molecule has 4 aromatic rings. The van der Waals surface area contributed by atoms with Gasteiger partial charge in [0.05, 0.1) is 6.04 Å². The second-order valence-electron chi connectivity index (χ2n) is 7.07. The number of hydrogen-bond acceptors (Lipinski definition) is 3. The first-order valence-electron chi connectivity index (χ1n) is 9.81. The molecule has 1 atom stereocenters. The smallest absolute Gasteiger partial charge is 0.251 e. The predicted molar refractivity (Wildman–Crippen MR) is 117 cm³/mol. The van der Waals surface area contributed by atoms with E-state index in [0.717, 1.165) is 24.0 Å². The number of nitrogens with one attached hydrogen (secondary N) is 3. The van der Waals surface area contributed by atoms with Gasteiger partial charge < -0.3 is 15.6 Å². The fraction of sp³-hybridized carbons (Fsp3) is 0.167. The van der Waals surface area contributed by atoms with Crippen molar-refractivity contribution in [3.63, 3.8) is 0 Å². The number of aromatic amines is 1. The molecule has 0 bridgehead atoms. The third-order valence-corrected chi connectivity index (χ3v) is 5.04. The van der Waals surface area contributed by atoms with Gasteiger partial charge in [-0.15, -0.1) is 0 Å². The van der Waals surface area contributed by atoms with Crippen molar-refractivity contribution < 1.29 is 4.79 Å². The van der Waals surface area contributed by atoms with E-state index in [1.54, 1.807) is 18.3 Å². The van der Waals surface area contributed by atoms with Crippen molar-refractivity contribution in [3.05, 3.63) is 95.8 Å². The molecule has 5 nitrogen and oxygen atoms in total. The van der Waals surface area contributed by atoms with Gasteiger partial charge in [0.1, 0.15) is 5.82 Å². The summed E-state index contributed by atoms with van der Waals surface area (Å²) < 4.78 is 0. The van der Waals surface area contributed by atoms with E-state index in [4.69, 9.17) is 0 Å². The number of pyridine rings is 1. The number of fused-ring (bicyclic) bond motifs is 1. The summed E-state index contributed by atoms with van der Waals surface area (Å²) in [6, 6.07) is 21.7. The normalized spacial score (nSPS) is 11.9. The fourth-order valence-corrected chi connectivity index (χ4v) is 3.44. The Morgan fingerprint density at radius 1 is 1.07 bits per heavy atom. The van der Waals surface area contributed by atoms with E-state index < -0.39 is 0 Å². The Morgan fingerprint density at radius 2 is 1.86 bits per heavy atom. The molecule has 0 aliphatic heterocycles. The second-order valence-corrected chi connectivity index (χ2v) is 7.07. The molecule has 1 unspecified atom stereocenters. The molecule has 5 heteroatoms. The van der Waals surface area contributed by atoms with Crippen molar-refractivity contribution in [2.75, 3.05) is 11.9 Å². The van der Waals surface area contributed by atoms with Gasteiger partial charge in [-0.3, -0.25) is 4.79 Å². The monoisotopic (exact) mass is 384 g/mol. The van der Waals surface area contributed by atoms with Crippen LogP contribution < -0.4 is 10.6 Å². The highest BCUT2D eigenvalue weighted by Crippen LogP contribution is 2.18. The lowest BCUT2D eigenvalue weighted by Gasteiger charge is -2.14. The minimum atomic E-state index is -0.108. The van der Waals surface area contributed by atoms with Crippen LogP contribution in [-0.2, 0) is 6.42 Å². The van der Waals surface area contributed by atoms with Crippen LogP contribution in [0.5, 0.6) is 0 Å². The van der Waals surface area contributed by atoms with Crippen LogP contribution in [0.25, 0.3) is 10.9 Å². The standard InChI is InChI=1S/C24H24N4O/c1-17(18-7-3-2-4-8-18)28-24(29)19-11-13-25-23(15-19)26-14-12-20-16-27-22-10-6-5-9-21(20)22/h2-11,13,15-17,27H,12,14H2,1H3,(H,25,26)(H,28,29). The lowest BCUT2D eigenvalue weighted by atomic mass is 10.1. The summed E-state index contributed by atoms with van der Waals surface area (Å²) >= 11 is 0. The van der Waals surface area contributed by atoms with Gasteiger partial charge in [-0.25, -0.2) is 4.98 Å². The maximum atomic E-state index is 12.6. The number of hydrogen-bond donors (Lipinski definition) is 3. The highest BCUT2D eigenvalue weighted by atomic mass is 16.1. The van der Waals surface area contributed by atoms with E-state index in [-0.39, 0.29) is 11.9 Å². The summed E-state index contributed by atoms with van der Waals surface area (Å²) in [7, 11) is 0. The summed E-state index contributed by atoms with van der Waals surface area (Å²) in [5, 5.41) is 7.60. The molecule has 0 fully saturated rings. The SMILES string of the molecule is CC(NC(=O)c1ccnc(NCCc2c[nH]c3ccccc23)c1)c1ccccc1. The van der Waals surface area contributed by atoms with Crippen LogP contribution in [0.1, 0.15) is 34.5 Å². The number of aromatic nitrogens is 2. The first kappa shape index (κ1) is 18.7. The Hall–Kier alpha value is -3.60. The molecular weight excluding hydrogens is 360 g/mol. The Labute approximate surface area is 170 Å². The van der Waals surface area contributed by atoms with Crippen LogP contribution >= 0.6 is 0 Å². The van der Waals surface area contributed by atoms with Crippen LogP contribution in [-0.4, -0.2) is 22.4 Å². The van der Waals surface area contributed by atoms with Crippen LogP contribution in [0.15, 0.2) is 79.1 Å². The van der Waals surface area contributed by atoms with Gasteiger partial charge in [-0.1, -0.05) is 48.5 Å². The predicted octanol–water partition coefficient (Wildman–Crippen LogP) is 4.71. The summed E-state index contributed by atoms with van der Waals surface area (Å²) in [6.07, 6.45) is 4.58. The van der Waals surface area contributed by atoms with Gasteiger partial charge in [0.25, 0.3) is 5.91 Å². The van der Waals surface area contributed by atoms with Crippen molar-refractivity contribution in [1.82, 2.24) is 15.3 Å². The van der Waals surface area contributed by atoms with E-state index in [9.17, 15) is 4.79 Å². The van der Waals surface area contributed by atoms with E-state index >= 15 is 0 Å². The summed E-state index contributed by atoms with van der Waals surface area (Å²) in [6.45, 7) is 2.72. The van der Waals surface area contributed by atoms with Gasteiger partial charge in [0.2, 0.25) is 0 Å². The molecule has 0 saturated heterocycles. The maximum Gasteiger partial charge on any atom is 0.251 e. The third-order valence-electron chi connectivity index (χ3n) is 5.04. The first-order valence-corrected chi connectivity index (χ1v) is 9.81. The lowest BCUT2D eigenvalue weighted by Crippen LogP contribution is -2.26. The summed E-state index contributed by atoms with van der Waals surface area (Å²) in [5.74, 6) is 0.591. The number of carbonyl (C=O) groups excluding carboxylic acids is 1. The molecule has 0 spiro atoms. The minimum Gasteiger partial charge on any atom is -0.370 e. The van der Waals surface area contributed by atoms with E-state index in [1.807, 2.05) is 49.4 Å². The average molecular weight is 384 g/mol. The molecule has 0 aliphatic carbocycles. The largest absolute Gasteiger partial charge is 0.370 e. The number of para-hydroxylation sites is 1. The first-order chi connectivity index (χ1) is 14.2. The third kappa shape index (κ3) is 4.46. The van der Waals surface area contributed by atoms with Crippen LogP contribution in [0.2, 0.25) is 0 Å². The minimum absolute atomic E-state index is 0.0600. The van der Waals surface area contributed by atoms with Gasteiger partial charge in [-0.2, -0.15) is 0 Å². The molecule has 1 amide bonds. The molecule has 2 aromatic carbocycles. The summed E-state index contributed by atoms with van der Waals surface area (Å²) in [4.78, 5) is 20.3. The summed E-state index contributed by atoms with van der Waals surface area (Å²) in [5.41, 5.74) is 4.08. The highest BCUT2D eigenvalue weighted by Gasteiger charge is 2.12. The number of amides is 1. The van der Waals surface area contributed by atoms with Crippen LogP contribution in [0, 0.1) is 0 Å². The van der Waals surface area contributed by atoms with Crippen LogP contribution in [0.3, 0.4) is 0 Å². The number of rotatable bonds is 7. The molecule has 0 saturated carbocycles. The maximum absolute atomic E-state index is 12.6. The van der Waals surface area contributed by atoms with Gasteiger partial charge >= 0.3 is 0 Å². The zero-order valence-corrected chi connectivity index (χ0v) is 16.4. The molecule has 146 valence electrons. The van der Waals surface area contributed by atoms with Crippen molar-refractivity contribution in [2.24, 2.45) is 0 Å². The molecule has 2 heterocycles. The van der Waals surface area contributed by atoms with Crippen molar-refractivity contribution in [3.8, 4) is 0 Å². The molecule has 0 aliphatic rings. The average Bonchev–Trinajstić information content (AvgIpc) is 3.18. The Bertz CT molecular complexity index is 1100. The van der Waals surface area contributed by atoms with E-state index in [0.29, 0.717) is 11.4 Å². The molecule has 3 N–H and O–H groups in total. The Kier molecular flexibility index (Phi) is 5.56. The molecule has 2 aromatic heterocycles. The number of anilines is 1. The number of nitrogens with zero attached hydrogens (tertiary/aromatic N) is 1. The van der Waals surface area contributed by atoms with Crippen molar-refractivity contribution in [1.29, 1.82) is 0 Å². The molecule has 4 rings (SSSR count). The Morgan fingerprint density at radius 3 is 2.72 bits per heavy atom. The zero-order valence-electron chi connectivity index (χ0n) is 16.4. The molecule has 0 radical (unpaired) electrons. The quantitative estimate of drug-likeness (QED) is 0.432. The van der Waals surface area contributed by atoms with Crippen LogP contribution in [0.4, 0.5) is 5.82 Å². The topological polar surface area (TPSA) is 69.8 Å². The molecule has 29 heavy (non-hydrogen) atoms. The number of benzene rings is 2. The zero-order chi connectivity index (χ0) is 20.1. The highest BCUT2D eigenvalue weighted by molar-refractivity contribution is 5.95. The van der Waals surface area contributed by atoms with Gasteiger partial charge in [0.15, 0.2) is 0 Å². The lowest BCUT2D eigenvalue weighted by molar-refractivity contribution is 0.0940. The second kappa shape index (κ2) is 8.61.